The summed E-state index contributed by atoms with van der Waals surface area (Å²) in [6, 6.07) is 4.92. The van der Waals surface area contributed by atoms with Crippen LogP contribution in [-0.4, -0.2) is 38.0 Å². The Labute approximate surface area is 136 Å². The Morgan fingerprint density at radius 1 is 1.32 bits per heavy atom. The molecule has 1 aromatic carbocycles. The Kier molecular flexibility index (Phi) is 5.52. The van der Waals surface area contributed by atoms with Crippen molar-refractivity contribution in [2.75, 3.05) is 24.7 Å². The maximum Gasteiger partial charge on any atom is 0.243 e. The van der Waals surface area contributed by atoms with Crippen LogP contribution in [0.15, 0.2) is 28.0 Å². The molecule has 22 heavy (non-hydrogen) atoms. The summed E-state index contributed by atoms with van der Waals surface area (Å²) in [6.45, 7) is 4.68. The number of amides is 1. The summed E-state index contributed by atoms with van der Waals surface area (Å²) < 4.78 is 27.0. The highest BCUT2D eigenvalue weighted by Crippen LogP contribution is 2.30. The van der Waals surface area contributed by atoms with Gasteiger partial charge >= 0.3 is 0 Å². The Morgan fingerprint density at radius 3 is 2.50 bits per heavy atom. The number of carbonyl (C=O) groups is 1. The molecular weight excluding hydrogens is 320 g/mol. The van der Waals surface area contributed by atoms with Gasteiger partial charge in [-0.15, -0.1) is 11.8 Å². The number of sulfonamides is 1. The molecule has 0 saturated carbocycles. The van der Waals surface area contributed by atoms with Gasteiger partial charge in [0.2, 0.25) is 15.9 Å². The zero-order valence-corrected chi connectivity index (χ0v) is 14.8. The smallest absolute Gasteiger partial charge is 0.243 e. The Bertz CT molecular complexity index is 651. The first-order chi connectivity index (χ1) is 10.3. The fourth-order valence-corrected chi connectivity index (χ4v) is 4.54. The molecule has 1 saturated heterocycles. The maximum absolute atomic E-state index is 12.7. The standard InChI is InChI=1S/C15H22N2O3S2/c1-11-6-8-17(9-7-11)22(19,20)13-4-5-15(21-3)14(10-13)16-12(2)18/h4-5,10-11H,6-9H2,1-3H3,(H,16,18). The summed E-state index contributed by atoms with van der Waals surface area (Å²) >= 11 is 1.47. The van der Waals surface area contributed by atoms with Crippen LogP contribution in [0.3, 0.4) is 0 Å². The van der Waals surface area contributed by atoms with Crippen LogP contribution < -0.4 is 5.32 Å². The van der Waals surface area contributed by atoms with E-state index >= 15 is 0 Å². The van der Waals surface area contributed by atoms with Crippen LogP contribution in [0.25, 0.3) is 0 Å². The van der Waals surface area contributed by atoms with E-state index in [1.165, 1.54) is 18.7 Å². The van der Waals surface area contributed by atoms with E-state index in [0.717, 1.165) is 17.7 Å². The molecule has 1 N–H and O–H groups in total. The SMILES string of the molecule is CSc1ccc(S(=O)(=O)N2CCC(C)CC2)cc1NC(C)=O. The molecule has 0 unspecified atom stereocenters. The molecule has 1 aromatic rings. The lowest BCUT2D eigenvalue weighted by molar-refractivity contribution is -0.114. The maximum atomic E-state index is 12.7. The minimum atomic E-state index is -3.50. The molecule has 0 spiro atoms. The number of hydrogen-bond donors (Lipinski definition) is 1. The molecule has 1 amide bonds. The third-order valence-corrected chi connectivity index (χ3v) is 6.55. The number of hydrogen-bond acceptors (Lipinski definition) is 4. The summed E-state index contributed by atoms with van der Waals surface area (Å²) in [6.07, 6.45) is 3.67. The van der Waals surface area contributed by atoms with E-state index in [2.05, 4.69) is 12.2 Å². The third-order valence-electron chi connectivity index (χ3n) is 3.86. The Morgan fingerprint density at radius 2 is 1.95 bits per heavy atom. The molecule has 0 aromatic heterocycles. The van der Waals surface area contributed by atoms with Gasteiger partial charge < -0.3 is 5.32 Å². The number of rotatable bonds is 4. The average molecular weight is 342 g/mol. The topological polar surface area (TPSA) is 66.5 Å². The summed E-state index contributed by atoms with van der Waals surface area (Å²) in [7, 11) is -3.50. The Hall–Kier alpha value is -1.05. The van der Waals surface area contributed by atoms with E-state index in [4.69, 9.17) is 0 Å². The molecule has 1 fully saturated rings. The van der Waals surface area contributed by atoms with Crippen molar-refractivity contribution in [3.8, 4) is 0 Å². The molecular formula is C15H22N2O3S2. The largest absolute Gasteiger partial charge is 0.325 e. The predicted molar refractivity (Wildman–Crippen MR) is 89.7 cm³/mol. The number of carbonyl (C=O) groups excluding carboxylic acids is 1. The van der Waals surface area contributed by atoms with Crippen molar-refractivity contribution in [1.82, 2.24) is 4.31 Å². The molecule has 0 bridgehead atoms. The predicted octanol–water partition coefficient (Wildman–Crippen LogP) is 2.79. The first kappa shape index (κ1) is 17.3. The summed E-state index contributed by atoms with van der Waals surface area (Å²) in [5.41, 5.74) is 0.548. The first-order valence-electron chi connectivity index (χ1n) is 7.30. The van der Waals surface area contributed by atoms with E-state index in [0.29, 0.717) is 24.7 Å². The molecule has 2 rings (SSSR count). The quantitative estimate of drug-likeness (QED) is 0.855. The van der Waals surface area contributed by atoms with E-state index < -0.39 is 10.0 Å². The van der Waals surface area contributed by atoms with Crippen LogP contribution in [-0.2, 0) is 14.8 Å². The van der Waals surface area contributed by atoms with Crippen molar-refractivity contribution in [1.29, 1.82) is 0 Å². The van der Waals surface area contributed by atoms with E-state index in [9.17, 15) is 13.2 Å². The highest BCUT2D eigenvalue weighted by molar-refractivity contribution is 7.98. The van der Waals surface area contributed by atoms with Gasteiger partial charge in [0.1, 0.15) is 0 Å². The molecule has 0 atom stereocenters. The minimum absolute atomic E-state index is 0.211. The fraction of sp³-hybridized carbons (Fsp3) is 0.533. The molecule has 7 heteroatoms. The van der Waals surface area contributed by atoms with Crippen molar-refractivity contribution in [3.05, 3.63) is 18.2 Å². The molecule has 1 aliphatic rings. The second kappa shape index (κ2) is 7.02. The lowest BCUT2D eigenvalue weighted by Crippen LogP contribution is -2.37. The molecule has 122 valence electrons. The summed E-state index contributed by atoms with van der Waals surface area (Å²) in [5, 5.41) is 2.70. The van der Waals surface area contributed by atoms with Crippen LogP contribution in [0, 0.1) is 5.92 Å². The van der Waals surface area contributed by atoms with Crippen LogP contribution in [0.1, 0.15) is 26.7 Å². The molecule has 5 nitrogen and oxygen atoms in total. The van der Waals surface area contributed by atoms with Crippen LogP contribution >= 0.6 is 11.8 Å². The number of nitrogens with zero attached hydrogens (tertiary/aromatic N) is 1. The normalized spacial score (nSPS) is 17.4. The average Bonchev–Trinajstić information content (AvgIpc) is 2.47. The fourth-order valence-electron chi connectivity index (χ4n) is 2.51. The van der Waals surface area contributed by atoms with Gasteiger partial charge in [0.25, 0.3) is 0 Å². The number of thioether (sulfide) groups is 1. The van der Waals surface area contributed by atoms with Gasteiger partial charge in [-0.25, -0.2) is 8.42 Å². The first-order valence-corrected chi connectivity index (χ1v) is 9.97. The van der Waals surface area contributed by atoms with Crippen LogP contribution in [0.5, 0.6) is 0 Å². The highest BCUT2D eigenvalue weighted by atomic mass is 32.2. The van der Waals surface area contributed by atoms with Crippen molar-refractivity contribution in [2.24, 2.45) is 5.92 Å². The Balaban J connectivity index is 2.32. The third kappa shape index (κ3) is 3.83. The zero-order valence-electron chi connectivity index (χ0n) is 13.1. The van der Waals surface area contributed by atoms with Gasteiger partial charge in [-0.3, -0.25) is 4.79 Å². The zero-order chi connectivity index (χ0) is 16.3. The number of nitrogens with one attached hydrogen (secondary N) is 1. The van der Waals surface area contributed by atoms with E-state index in [-0.39, 0.29) is 10.8 Å². The lowest BCUT2D eigenvalue weighted by Gasteiger charge is -2.29. The van der Waals surface area contributed by atoms with Gasteiger partial charge in [0.15, 0.2) is 0 Å². The molecule has 1 heterocycles. The highest BCUT2D eigenvalue weighted by Gasteiger charge is 2.28. The molecule has 0 radical (unpaired) electrons. The molecule has 0 aliphatic carbocycles. The summed E-state index contributed by atoms with van der Waals surface area (Å²) in [5.74, 6) is 0.358. The monoisotopic (exact) mass is 342 g/mol. The van der Waals surface area contributed by atoms with E-state index in [1.807, 2.05) is 6.26 Å². The van der Waals surface area contributed by atoms with Gasteiger partial charge in [0, 0.05) is 24.9 Å². The van der Waals surface area contributed by atoms with Gasteiger partial charge in [-0.2, -0.15) is 4.31 Å². The van der Waals surface area contributed by atoms with Crippen molar-refractivity contribution < 1.29 is 13.2 Å². The second-order valence-electron chi connectivity index (χ2n) is 5.63. The van der Waals surface area contributed by atoms with Gasteiger partial charge in [-0.1, -0.05) is 6.92 Å². The summed E-state index contributed by atoms with van der Waals surface area (Å²) in [4.78, 5) is 12.4. The molecule has 1 aliphatic heterocycles. The van der Waals surface area contributed by atoms with Crippen LogP contribution in [0.4, 0.5) is 5.69 Å². The van der Waals surface area contributed by atoms with Gasteiger partial charge in [-0.05, 0) is 43.2 Å². The minimum Gasteiger partial charge on any atom is -0.325 e. The number of anilines is 1. The second-order valence-corrected chi connectivity index (χ2v) is 8.42. The van der Waals surface area contributed by atoms with Crippen molar-refractivity contribution in [3.63, 3.8) is 0 Å². The van der Waals surface area contributed by atoms with Crippen molar-refractivity contribution in [2.45, 2.75) is 36.5 Å². The van der Waals surface area contributed by atoms with E-state index in [1.54, 1.807) is 22.5 Å². The van der Waals surface area contributed by atoms with Gasteiger partial charge in [0.05, 0.1) is 10.6 Å². The number of benzene rings is 1. The van der Waals surface area contributed by atoms with Crippen LogP contribution in [0.2, 0.25) is 0 Å². The lowest BCUT2D eigenvalue weighted by atomic mass is 10.0. The van der Waals surface area contributed by atoms with Crippen molar-refractivity contribution >= 4 is 33.4 Å². The number of piperidine rings is 1.